The van der Waals surface area contributed by atoms with Gasteiger partial charge in [-0.2, -0.15) is 0 Å². The first-order valence-corrected chi connectivity index (χ1v) is 8.56. The number of nitrogens with one attached hydrogen (secondary N) is 1. The number of hydrogen-bond donors (Lipinski definition) is 3. The Kier molecular flexibility index (Phi) is 6.00. The summed E-state index contributed by atoms with van der Waals surface area (Å²) >= 11 is 0. The number of carboxylic acids is 1. The van der Waals surface area contributed by atoms with Crippen LogP contribution in [0.1, 0.15) is 54.6 Å². The quantitative estimate of drug-likeness (QED) is 0.311. The van der Waals surface area contributed by atoms with Crippen molar-refractivity contribution in [3.8, 4) is 5.75 Å². The monoisotopic (exact) mass is 368 g/mol. The predicted octanol–water partition coefficient (Wildman–Crippen LogP) is 3.79. The lowest BCUT2D eigenvalue weighted by atomic mass is 9.81. The van der Waals surface area contributed by atoms with Crippen molar-refractivity contribution in [3.63, 3.8) is 0 Å². The molecule has 1 unspecified atom stereocenters. The first kappa shape index (κ1) is 20.2. The fourth-order valence-electron chi connectivity index (χ4n) is 2.68. The summed E-state index contributed by atoms with van der Waals surface area (Å²) in [6.07, 6.45) is 0.504. The van der Waals surface area contributed by atoms with Crippen LogP contribution in [-0.2, 0) is 4.79 Å². The third-order valence-electron chi connectivity index (χ3n) is 4.04. The van der Waals surface area contributed by atoms with Gasteiger partial charge >= 0.3 is 11.9 Å². The molecule has 0 saturated heterocycles. The Bertz CT molecular complexity index is 834. The van der Waals surface area contributed by atoms with Gasteiger partial charge in [-0.05, 0) is 41.7 Å². The fraction of sp³-hybridized carbons (Fsp3) is 0.286. The van der Waals surface area contributed by atoms with Gasteiger partial charge in [0.2, 0.25) is 0 Å². The normalized spacial score (nSPS) is 12.3. The molecule has 0 amide bonds. The van der Waals surface area contributed by atoms with Crippen molar-refractivity contribution in [3.05, 3.63) is 65.2 Å². The summed E-state index contributed by atoms with van der Waals surface area (Å²) in [5.74, 6) is -1.77. The number of amidine groups is 1. The fourth-order valence-corrected chi connectivity index (χ4v) is 2.68. The number of hydrogen-bond acceptors (Lipinski definition) is 4. The van der Waals surface area contributed by atoms with Gasteiger partial charge in [0.25, 0.3) is 0 Å². The summed E-state index contributed by atoms with van der Waals surface area (Å²) in [6.45, 7) is 5.99. The van der Waals surface area contributed by atoms with E-state index in [1.165, 1.54) is 12.1 Å². The Morgan fingerprint density at radius 3 is 2.00 bits per heavy atom. The standard InChI is InChI=1S/C21H24N2O4/c1-21(2,3)12-17(19(24)25)13-8-10-16(11-9-13)27-20(26)15-6-4-14(5-7-15)18(22)23/h4-11,17H,12H2,1-3H3,(H3,22,23)(H,24,25). The zero-order chi connectivity index (χ0) is 20.2. The van der Waals surface area contributed by atoms with Crippen molar-refractivity contribution in [2.45, 2.75) is 33.1 Å². The van der Waals surface area contributed by atoms with Crippen molar-refractivity contribution in [2.24, 2.45) is 11.1 Å². The minimum atomic E-state index is -0.875. The van der Waals surface area contributed by atoms with Gasteiger partial charge in [-0.25, -0.2) is 4.79 Å². The van der Waals surface area contributed by atoms with Crippen molar-refractivity contribution in [2.75, 3.05) is 0 Å². The average molecular weight is 368 g/mol. The number of benzene rings is 2. The van der Waals surface area contributed by atoms with Crippen LogP contribution in [0, 0.1) is 10.8 Å². The maximum absolute atomic E-state index is 12.2. The first-order chi connectivity index (χ1) is 12.6. The molecule has 0 aromatic heterocycles. The number of carbonyl (C=O) groups excluding carboxylic acids is 1. The van der Waals surface area contributed by atoms with Crippen LogP contribution in [0.25, 0.3) is 0 Å². The van der Waals surface area contributed by atoms with Gasteiger partial charge in [0.1, 0.15) is 11.6 Å². The summed E-state index contributed by atoms with van der Waals surface area (Å²) in [5.41, 5.74) is 6.79. The van der Waals surface area contributed by atoms with Crippen molar-refractivity contribution in [1.82, 2.24) is 0 Å². The van der Waals surface area contributed by atoms with Gasteiger partial charge in [-0.3, -0.25) is 10.2 Å². The number of nitrogen functional groups attached to an aromatic ring is 1. The van der Waals surface area contributed by atoms with Crippen molar-refractivity contribution >= 4 is 17.8 Å². The lowest BCUT2D eigenvalue weighted by molar-refractivity contribution is -0.139. The van der Waals surface area contributed by atoms with Crippen molar-refractivity contribution < 1.29 is 19.4 Å². The topological polar surface area (TPSA) is 113 Å². The highest BCUT2D eigenvalue weighted by atomic mass is 16.5. The zero-order valence-electron chi connectivity index (χ0n) is 15.7. The first-order valence-electron chi connectivity index (χ1n) is 8.56. The van der Waals surface area contributed by atoms with Crippen LogP contribution in [-0.4, -0.2) is 22.9 Å². The Balaban J connectivity index is 2.11. The van der Waals surface area contributed by atoms with Gasteiger partial charge in [0.05, 0.1) is 11.5 Å². The molecule has 0 heterocycles. The maximum atomic E-state index is 12.2. The molecule has 27 heavy (non-hydrogen) atoms. The number of carboxylic acid groups (broad SMARTS) is 1. The summed E-state index contributed by atoms with van der Waals surface area (Å²) in [4.78, 5) is 23.8. The molecule has 1 atom stereocenters. The summed E-state index contributed by atoms with van der Waals surface area (Å²) in [5, 5.41) is 16.9. The van der Waals surface area contributed by atoms with Crippen LogP contribution in [0.5, 0.6) is 5.75 Å². The van der Waals surface area contributed by atoms with Crippen LogP contribution >= 0.6 is 0 Å². The van der Waals surface area contributed by atoms with Crippen LogP contribution < -0.4 is 10.5 Å². The van der Waals surface area contributed by atoms with Gasteiger partial charge in [-0.15, -0.1) is 0 Å². The van der Waals surface area contributed by atoms with E-state index in [1.807, 2.05) is 20.8 Å². The third kappa shape index (κ3) is 5.67. The third-order valence-corrected chi connectivity index (χ3v) is 4.04. The molecule has 2 aromatic carbocycles. The van der Waals surface area contributed by atoms with Crippen LogP contribution in [0.2, 0.25) is 0 Å². The lowest BCUT2D eigenvalue weighted by Crippen LogP contribution is -2.19. The molecular weight excluding hydrogens is 344 g/mol. The second-order valence-electron chi connectivity index (χ2n) is 7.61. The molecule has 0 radical (unpaired) electrons. The van der Waals surface area contributed by atoms with Crippen LogP contribution in [0.15, 0.2) is 48.5 Å². The number of ether oxygens (including phenoxy) is 1. The van der Waals surface area contributed by atoms with Crippen LogP contribution in [0.4, 0.5) is 0 Å². The van der Waals surface area contributed by atoms with E-state index in [0.29, 0.717) is 28.9 Å². The van der Waals surface area contributed by atoms with Gasteiger partial charge in [-0.1, -0.05) is 45.0 Å². The molecule has 6 heteroatoms. The van der Waals surface area contributed by atoms with E-state index in [2.05, 4.69) is 0 Å². The molecule has 0 aliphatic carbocycles. The SMILES string of the molecule is CC(C)(C)CC(C(=O)O)c1ccc(OC(=O)c2ccc(C(=N)N)cc2)cc1. The molecule has 2 aromatic rings. The second kappa shape index (κ2) is 8.03. The zero-order valence-corrected chi connectivity index (χ0v) is 15.7. The highest BCUT2D eigenvalue weighted by molar-refractivity contribution is 5.97. The molecule has 6 nitrogen and oxygen atoms in total. The largest absolute Gasteiger partial charge is 0.481 e. The Morgan fingerprint density at radius 1 is 1.04 bits per heavy atom. The second-order valence-corrected chi connectivity index (χ2v) is 7.61. The molecule has 142 valence electrons. The minimum Gasteiger partial charge on any atom is -0.481 e. The van der Waals surface area contributed by atoms with E-state index in [1.54, 1.807) is 36.4 Å². The molecule has 0 spiro atoms. The Morgan fingerprint density at radius 2 is 1.56 bits per heavy atom. The summed E-state index contributed by atoms with van der Waals surface area (Å²) in [7, 11) is 0. The van der Waals surface area contributed by atoms with E-state index >= 15 is 0 Å². The van der Waals surface area contributed by atoms with Crippen molar-refractivity contribution in [1.29, 1.82) is 5.41 Å². The van der Waals surface area contributed by atoms with Crippen LogP contribution in [0.3, 0.4) is 0 Å². The van der Waals surface area contributed by atoms with Gasteiger partial charge in [0, 0.05) is 5.56 Å². The maximum Gasteiger partial charge on any atom is 0.343 e. The molecule has 2 rings (SSSR count). The highest BCUT2D eigenvalue weighted by Gasteiger charge is 2.26. The van der Waals surface area contributed by atoms with E-state index in [-0.39, 0.29) is 11.3 Å². The molecule has 0 aliphatic rings. The summed E-state index contributed by atoms with van der Waals surface area (Å²) in [6, 6.07) is 12.8. The number of esters is 1. The average Bonchev–Trinajstić information content (AvgIpc) is 2.59. The smallest absolute Gasteiger partial charge is 0.343 e. The Labute approximate surface area is 158 Å². The number of nitrogens with two attached hydrogens (primary N) is 1. The highest BCUT2D eigenvalue weighted by Crippen LogP contribution is 2.32. The minimum absolute atomic E-state index is 0.0752. The van der Waals surface area contributed by atoms with E-state index in [9.17, 15) is 14.7 Å². The molecule has 0 aliphatic heterocycles. The van der Waals surface area contributed by atoms with E-state index in [0.717, 1.165) is 0 Å². The summed E-state index contributed by atoms with van der Waals surface area (Å²) < 4.78 is 5.33. The van der Waals surface area contributed by atoms with E-state index in [4.69, 9.17) is 15.9 Å². The van der Waals surface area contributed by atoms with Gasteiger partial charge in [0.15, 0.2) is 0 Å². The predicted molar refractivity (Wildman–Crippen MR) is 103 cm³/mol. The molecule has 0 fully saturated rings. The molecule has 0 bridgehead atoms. The lowest BCUT2D eigenvalue weighted by Gasteiger charge is -2.23. The number of aliphatic carboxylic acids is 1. The molecular formula is C21H24N2O4. The number of carbonyl (C=O) groups is 2. The molecule has 4 N–H and O–H groups in total. The number of rotatable bonds is 6. The van der Waals surface area contributed by atoms with E-state index < -0.39 is 17.9 Å². The molecule has 0 saturated carbocycles. The van der Waals surface area contributed by atoms with Gasteiger partial charge < -0.3 is 15.6 Å². The Hall–Kier alpha value is -3.15.